The summed E-state index contributed by atoms with van der Waals surface area (Å²) in [6.07, 6.45) is 9.40. The zero-order valence-electron chi connectivity index (χ0n) is 12.4. The van der Waals surface area contributed by atoms with Gasteiger partial charge in [-0.25, -0.2) is 0 Å². The van der Waals surface area contributed by atoms with E-state index in [2.05, 4.69) is 37.9 Å². The van der Waals surface area contributed by atoms with Crippen LogP contribution in [-0.2, 0) is 6.42 Å². The maximum atomic E-state index is 4.12. The van der Waals surface area contributed by atoms with Crippen LogP contribution in [0.4, 0.5) is 0 Å². The minimum atomic E-state index is -1.81. The van der Waals surface area contributed by atoms with Crippen LogP contribution in [0.2, 0.25) is 17.7 Å². The second kappa shape index (κ2) is 8.95. The van der Waals surface area contributed by atoms with Gasteiger partial charge in [0.25, 0.3) is 0 Å². The van der Waals surface area contributed by atoms with Gasteiger partial charge in [0, 0.05) is 0 Å². The number of aromatic nitrogens is 1. The molecule has 0 aliphatic rings. The molecule has 0 spiro atoms. The molecule has 18 heavy (non-hydrogen) atoms. The summed E-state index contributed by atoms with van der Waals surface area (Å²) < 4.78 is 6.35. The van der Waals surface area contributed by atoms with Crippen LogP contribution in [0.1, 0.15) is 45.6 Å². The third-order valence-corrected chi connectivity index (χ3v) is 21.1. The molecule has 1 aromatic heterocycles. The van der Waals surface area contributed by atoms with E-state index in [1.54, 1.807) is 17.7 Å². The van der Waals surface area contributed by atoms with Crippen LogP contribution in [0.5, 0.6) is 0 Å². The second-order valence-electron chi connectivity index (χ2n) is 5.61. The van der Waals surface area contributed by atoms with Crippen molar-refractivity contribution >= 4 is 18.4 Å². The molecule has 0 radical (unpaired) electrons. The van der Waals surface area contributed by atoms with Crippen molar-refractivity contribution < 1.29 is 0 Å². The first-order valence-electron chi connectivity index (χ1n) is 7.65. The van der Waals surface area contributed by atoms with E-state index in [4.69, 9.17) is 0 Å². The van der Waals surface area contributed by atoms with Crippen molar-refractivity contribution in [2.75, 3.05) is 0 Å². The van der Waals surface area contributed by atoms with E-state index in [1.807, 2.05) is 12.4 Å². The monoisotopic (exact) mass is 355 g/mol. The van der Waals surface area contributed by atoms with Crippen molar-refractivity contribution in [2.45, 2.75) is 64.2 Å². The SMILES string of the molecule is CC[CH2][Sn]([CH2]CC)([CH2]CC)[CH2]Cc1ccncc1. The Balaban J connectivity index is 2.64. The van der Waals surface area contributed by atoms with Gasteiger partial charge < -0.3 is 0 Å². The number of hydrogen-bond acceptors (Lipinski definition) is 1. The maximum absolute atomic E-state index is 4.12. The zero-order valence-corrected chi connectivity index (χ0v) is 15.3. The van der Waals surface area contributed by atoms with Gasteiger partial charge >= 0.3 is 118 Å². The molecule has 102 valence electrons. The molecule has 0 atom stereocenters. The second-order valence-corrected chi connectivity index (χ2v) is 19.9. The first-order valence-corrected chi connectivity index (χ1v) is 15.7. The van der Waals surface area contributed by atoms with Crippen molar-refractivity contribution in [1.29, 1.82) is 0 Å². The molecule has 0 aromatic carbocycles. The van der Waals surface area contributed by atoms with Crippen LogP contribution in [0.25, 0.3) is 0 Å². The molecule has 0 aliphatic carbocycles. The molecule has 0 saturated carbocycles. The van der Waals surface area contributed by atoms with E-state index in [1.165, 1.54) is 31.2 Å². The summed E-state index contributed by atoms with van der Waals surface area (Å²) in [6.45, 7) is 7.14. The Morgan fingerprint density at radius 3 is 1.78 bits per heavy atom. The first-order chi connectivity index (χ1) is 8.76. The number of rotatable bonds is 9. The number of hydrogen-bond donors (Lipinski definition) is 0. The Morgan fingerprint density at radius 1 is 0.833 bits per heavy atom. The summed E-state index contributed by atoms with van der Waals surface area (Å²) in [4.78, 5) is 4.12. The molecule has 0 N–H and O–H groups in total. The minimum absolute atomic E-state index is 1.30. The summed E-state index contributed by atoms with van der Waals surface area (Å²) in [5.74, 6) is 0. The fourth-order valence-corrected chi connectivity index (χ4v) is 19.0. The molecule has 1 heterocycles. The molecule has 0 fully saturated rings. The Labute approximate surface area is 117 Å². The summed E-state index contributed by atoms with van der Waals surface area (Å²) in [5, 5.41) is 0. The first kappa shape index (κ1) is 16.0. The molecule has 2 heteroatoms. The molecule has 1 rings (SSSR count). The van der Waals surface area contributed by atoms with E-state index in [0.29, 0.717) is 0 Å². The number of pyridine rings is 1. The molecule has 1 aromatic rings. The summed E-state index contributed by atoms with van der Waals surface area (Å²) >= 11 is -1.81. The van der Waals surface area contributed by atoms with Crippen molar-refractivity contribution in [3.05, 3.63) is 30.1 Å². The van der Waals surface area contributed by atoms with Gasteiger partial charge in [-0.1, -0.05) is 0 Å². The Bertz CT molecular complexity index is 293. The van der Waals surface area contributed by atoms with Crippen LogP contribution >= 0.6 is 0 Å². The molecular weight excluding hydrogens is 325 g/mol. The van der Waals surface area contributed by atoms with Crippen LogP contribution in [-0.4, -0.2) is 23.4 Å². The molecule has 0 saturated heterocycles. The summed E-state index contributed by atoms with van der Waals surface area (Å²) in [7, 11) is 0. The van der Waals surface area contributed by atoms with Crippen LogP contribution in [0.3, 0.4) is 0 Å². The number of aryl methyl sites for hydroxylation is 1. The summed E-state index contributed by atoms with van der Waals surface area (Å²) in [6, 6.07) is 4.39. The molecule has 1 nitrogen and oxygen atoms in total. The van der Waals surface area contributed by atoms with Gasteiger partial charge in [0.1, 0.15) is 0 Å². The molecule has 0 bridgehead atoms. The predicted molar refractivity (Wildman–Crippen MR) is 83.8 cm³/mol. The standard InChI is InChI=1S/C7H8N.3C3H7.Sn/c1-2-7-3-5-8-6-4-7;3*1-3-2;/h3-6H,1-2H2;3*1,3H2,2H3;. The number of nitrogens with zero attached hydrogens (tertiary/aromatic N) is 1. The van der Waals surface area contributed by atoms with Gasteiger partial charge in [-0.3, -0.25) is 0 Å². The predicted octanol–water partition coefficient (Wildman–Crippen LogP) is 5.30. The van der Waals surface area contributed by atoms with Gasteiger partial charge in [0.2, 0.25) is 0 Å². The molecule has 0 amide bonds. The topological polar surface area (TPSA) is 12.9 Å². The third kappa shape index (κ3) is 5.29. The van der Waals surface area contributed by atoms with Crippen molar-refractivity contribution in [1.82, 2.24) is 4.98 Å². The van der Waals surface area contributed by atoms with Gasteiger partial charge in [-0.2, -0.15) is 0 Å². The average molecular weight is 354 g/mol. The van der Waals surface area contributed by atoms with Crippen LogP contribution in [0, 0.1) is 0 Å². The molecule has 0 aliphatic heterocycles. The third-order valence-electron chi connectivity index (χ3n) is 4.03. The van der Waals surface area contributed by atoms with E-state index in [0.717, 1.165) is 0 Å². The Hall–Kier alpha value is -0.0513. The van der Waals surface area contributed by atoms with Crippen LogP contribution in [0.15, 0.2) is 24.5 Å². The van der Waals surface area contributed by atoms with Crippen LogP contribution < -0.4 is 0 Å². The van der Waals surface area contributed by atoms with E-state index < -0.39 is 18.4 Å². The van der Waals surface area contributed by atoms with Gasteiger partial charge in [-0.05, 0) is 0 Å². The van der Waals surface area contributed by atoms with Gasteiger partial charge in [0.05, 0.1) is 0 Å². The van der Waals surface area contributed by atoms with Crippen molar-refractivity contribution in [3.63, 3.8) is 0 Å². The fourth-order valence-electron chi connectivity index (χ4n) is 3.30. The Morgan fingerprint density at radius 2 is 1.33 bits per heavy atom. The summed E-state index contributed by atoms with van der Waals surface area (Å²) in [5.41, 5.74) is 1.49. The van der Waals surface area contributed by atoms with Crippen molar-refractivity contribution in [2.24, 2.45) is 0 Å². The van der Waals surface area contributed by atoms with E-state index in [9.17, 15) is 0 Å². The van der Waals surface area contributed by atoms with Gasteiger partial charge in [-0.15, -0.1) is 0 Å². The van der Waals surface area contributed by atoms with E-state index in [-0.39, 0.29) is 0 Å². The fraction of sp³-hybridized carbons (Fsp3) is 0.688. The quantitative estimate of drug-likeness (QED) is 0.548. The molecule has 0 unspecified atom stereocenters. The zero-order chi connectivity index (χ0) is 13.3. The normalized spacial score (nSPS) is 11.7. The van der Waals surface area contributed by atoms with E-state index >= 15 is 0 Å². The van der Waals surface area contributed by atoms with Gasteiger partial charge in [0.15, 0.2) is 0 Å². The Kier molecular flexibility index (Phi) is 7.96. The van der Waals surface area contributed by atoms with Crippen molar-refractivity contribution in [3.8, 4) is 0 Å². The average Bonchev–Trinajstić information content (AvgIpc) is 2.39. The molecular formula is C16H29NSn.